The van der Waals surface area contributed by atoms with Gasteiger partial charge in [0.15, 0.2) is 0 Å². The maximum absolute atomic E-state index is 11.7. The molecule has 1 fully saturated rings. The van der Waals surface area contributed by atoms with Gasteiger partial charge in [0.05, 0.1) is 10.3 Å². The first-order valence-corrected chi connectivity index (χ1v) is 7.24. The van der Waals surface area contributed by atoms with Gasteiger partial charge in [-0.15, -0.1) is 0 Å². The fraction of sp³-hybridized carbons (Fsp3) is 0.417. The van der Waals surface area contributed by atoms with E-state index < -0.39 is 21.4 Å². The Labute approximate surface area is 106 Å². The zero-order chi connectivity index (χ0) is 13.4. The second-order valence-corrected chi connectivity index (χ2v) is 6.18. The molecule has 1 aliphatic carbocycles. The number of nitrogens with one attached hydrogen (secondary N) is 1. The lowest BCUT2D eigenvalue weighted by Crippen LogP contribution is -2.23. The highest BCUT2D eigenvalue weighted by Crippen LogP contribution is 2.48. The molecule has 0 amide bonds. The Morgan fingerprint density at radius 1 is 1.33 bits per heavy atom. The van der Waals surface area contributed by atoms with Crippen LogP contribution in [0.2, 0.25) is 0 Å². The zero-order valence-electron chi connectivity index (χ0n) is 10.0. The van der Waals surface area contributed by atoms with Gasteiger partial charge in [-0.2, -0.15) is 0 Å². The molecule has 2 N–H and O–H groups in total. The summed E-state index contributed by atoms with van der Waals surface area (Å²) in [5.41, 5.74) is -0.119. The zero-order valence-corrected chi connectivity index (χ0v) is 10.8. The molecule has 18 heavy (non-hydrogen) atoms. The van der Waals surface area contributed by atoms with E-state index in [4.69, 9.17) is 5.11 Å². The van der Waals surface area contributed by atoms with Crippen molar-refractivity contribution in [3.8, 4) is 0 Å². The van der Waals surface area contributed by atoms with Gasteiger partial charge in [0.2, 0.25) is 10.0 Å². The van der Waals surface area contributed by atoms with Crippen molar-refractivity contribution >= 4 is 16.0 Å². The van der Waals surface area contributed by atoms with E-state index in [1.165, 1.54) is 12.1 Å². The largest absolute Gasteiger partial charge is 0.481 e. The Hall–Kier alpha value is -1.40. The van der Waals surface area contributed by atoms with Crippen molar-refractivity contribution in [3.05, 3.63) is 29.8 Å². The second-order valence-electron chi connectivity index (χ2n) is 4.41. The van der Waals surface area contributed by atoms with E-state index in [9.17, 15) is 13.2 Å². The van der Waals surface area contributed by atoms with Crippen molar-refractivity contribution in [3.63, 3.8) is 0 Å². The number of hydrogen-bond donors (Lipinski definition) is 2. The monoisotopic (exact) mass is 269 g/mol. The summed E-state index contributed by atoms with van der Waals surface area (Å²) in [7, 11) is -3.47. The maximum atomic E-state index is 11.7. The standard InChI is InChI=1S/C12H15NO4S/c1-2-13-18(16,17)10-5-3-9(4-6-10)12(7-8-12)11(14)15/h3-6,13H,2,7-8H2,1H3,(H,14,15). The fourth-order valence-corrected chi connectivity index (χ4v) is 3.02. The van der Waals surface area contributed by atoms with Gasteiger partial charge in [-0.3, -0.25) is 4.79 Å². The topological polar surface area (TPSA) is 83.5 Å². The number of sulfonamides is 1. The molecule has 0 unspecified atom stereocenters. The minimum atomic E-state index is -3.47. The SMILES string of the molecule is CCNS(=O)(=O)c1ccc(C2(C(=O)O)CC2)cc1. The van der Waals surface area contributed by atoms with E-state index >= 15 is 0 Å². The summed E-state index contributed by atoms with van der Waals surface area (Å²) in [6, 6.07) is 6.09. The third-order valence-electron chi connectivity index (χ3n) is 3.21. The van der Waals surface area contributed by atoms with Crippen molar-refractivity contribution in [1.82, 2.24) is 4.72 Å². The molecular weight excluding hydrogens is 254 g/mol. The minimum Gasteiger partial charge on any atom is -0.481 e. The normalized spacial score (nSPS) is 17.4. The van der Waals surface area contributed by atoms with Crippen molar-refractivity contribution < 1.29 is 18.3 Å². The lowest BCUT2D eigenvalue weighted by Gasteiger charge is -2.11. The number of carbonyl (C=O) groups is 1. The van der Waals surface area contributed by atoms with E-state index in [1.807, 2.05) is 0 Å². The predicted octanol–water partition coefficient (Wildman–Crippen LogP) is 1.10. The summed E-state index contributed by atoms with van der Waals surface area (Å²) in [6.07, 6.45) is 1.23. The molecule has 1 aromatic carbocycles. The first-order chi connectivity index (χ1) is 8.42. The Kier molecular flexibility index (Phi) is 3.16. The molecule has 98 valence electrons. The lowest BCUT2D eigenvalue weighted by molar-refractivity contribution is -0.140. The minimum absolute atomic E-state index is 0.161. The van der Waals surface area contributed by atoms with Crippen molar-refractivity contribution in [2.24, 2.45) is 0 Å². The Morgan fingerprint density at radius 3 is 2.28 bits per heavy atom. The second kappa shape index (κ2) is 4.37. The lowest BCUT2D eigenvalue weighted by atomic mass is 9.96. The van der Waals surface area contributed by atoms with E-state index in [2.05, 4.69) is 4.72 Å². The van der Waals surface area contributed by atoms with E-state index in [0.717, 1.165) is 0 Å². The molecule has 2 rings (SSSR count). The molecule has 0 bridgehead atoms. The van der Waals surface area contributed by atoms with Gasteiger partial charge < -0.3 is 5.11 Å². The van der Waals surface area contributed by atoms with Crippen molar-refractivity contribution in [2.45, 2.75) is 30.1 Å². The number of hydrogen-bond acceptors (Lipinski definition) is 3. The van der Waals surface area contributed by atoms with Gasteiger partial charge in [-0.25, -0.2) is 13.1 Å². The number of carboxylic acid groups (broad SMARTS) is 1. The molecule has 1 aromatic rings. The first kappa shape index (κ1) is 13.0. The van der Waals surface area contributed by atoms with Crippen molar-refractivity contribution in [1.29, 1.82) is 0 Å². The van der Waals surface area contributed by atoms with Gasteiger partial charge >= 0.3 is 5.97 Å². The van der Waals surface area contributed by atoms with Crippen LogP contribution in [0.3, 0.4) is 0 Å². The summed E-state index contributed by atoms with van der Waals surface area (Å²) in [4.78, 5) is 11.3. The molecular formula is C12H15NO4S. The number of benzene rings is 1. The number of carboxylic acids is 1. The smallest absolute Gasteiger partial charge is 0.314 e. The van der Waals surface area contributed by atoms with Gasteiger partial charge in [0.1, 0.15) is 0 Å². The summed E-state index contributed by atoms with van der Waals surface area (Å²) < 4.78 is 25.8. The summed E-state index contributed by atoms with van der Waals surface area (Å²) in [5, 5.41) is 9.14. The third kappa shape index (κ3) is 2.13. The number of rotatable bonds is 5. The highest BCUT2D eigenvalue weighted by atomic mass is 32.2. The third-order valence-corrected chi connectivity index (χ3v) is 4.77. The van der Waals surface area contributed by atoms with Crippen LogP contribution in [0.4, 0.5) is 0 Å². The molecule has 0 spiro atoms. The summed E-state index contributed by atoms with van der Waals surface area (Å²) in [5.74, 6) is -0.843. The molecule has 0 aromatic heterocycles. The van der Waals surface area contributed by atoms with Crippen LogP contribution < -0.4 is 4.72 Å². The van der Waals surface area contributed by atoms with Crippen LogP contribution in [-0.2, 0) is 20.2 Å². The van der Waals surface area contributed by atoms with Crippen LogP contribution in [0, 0.1) is 0 Å². The highest BCUT2D eigenvalue weighted by molar-refractivity contribution is 7.89. The quantitative estimate of drug-likeness (QED) is 0.838. The van der Waals surface area contributed by atoms with Crippen molar-refractivity contribution in [2.75, 3.05) is 6.54 Å². The molecule has 0 heterocycles. The number of aliphatic carboxylic acids is 1. The molecule has 1 saturated carbocycles. The van der Waals surface area contributed by atoms with Crippen LogP contribution in [-0.4, -0.2) is 26.0 Å². The van der Waals surface area contributed by atoms with E-state index in [1.54, 1.807) is 19.1 Å². The summed E-state index contributed by atoms with van der Waals surface area (Å²) in [6.45, 7) is 2.03. The molecule has 0 radical (unpaired) electrons. The fourth-order valence-electron chi connectivity index (χ4n) is 1.98. The van der Waals surface area contributed by atoms with Gasteiger partial charge in [0, 0.05) is 6.54 Å². The molecule has 0 atom stereocenters. The van der Waals surface area contributed by atoms with Gasteiger partial charge in [0.25, 0.3) is 0 Å². The molecule has 0 saturated heterocycles. The van der Waals surface area contributed by atoms with Gasteiger partial charge in [-0.1, -0.05) is 19.1 Å². The van der Waals surface area contributed by atoms with Crippen LogP contribution in [0.15, 0.2) is 29.2 Å². The highest BCUT2D eigenvalue weighted by Gasteiger charge is 2.51. The Morgan fingerprint density at radius 2 is 1.89 bits per heavy atom. The Bertz CT molecular complexity index is 558. The van der Waals surface area contributed by atoms with E-state index in [0.29, 0.717) is 24.9 Å². The van der Waals surface area contributed by atoms with Crippen LogP contribution in [0.1, 0.15) is 25.3 Å². The maximum Gasteiger partial charge on any atom is 0.314 e. The molecule has 1 aliphatic rings. The van der Waals surface area contributed by atoms with Gasteiger partial charge in [-0.05, 0) is 30.5 Å². The van der Waals surface area contributed by atoms with E-state index in [-0.39, 0.29) is 4.90 Å². The summed E-state index contributed by atoms with van der Waals surface area (Å²) >= 11 is 0. The Balaban J connectivity index is 2.29. The van der Waals surface area contributed by atoms with Crippen LogP contribution in [0.5, 0.6) is 0 Å². The average Bonchev–Trinajstić information content (AvgIpc) is 3.10. The molecule has 5 nitrogen and oxygen atoms in total. The molecule has 6 heteroatoms. The first-order valence-electron chi connectivity index (χ1n) is 5.76. The molecule has 0 aliphatic heterocycles. The van der Waals surface area contributed by atoms with Crippen LogP contribution in [0.25, 0.3) is 0 Å². The van der Waals surface area contributed by atoms with Crippen LogP contribution >= 0.6 is 0 Å². The predicted molar refractivity (Wildman–Crippen MR) is 65.9 cm³/mol. The average molecular weight is 269 g/mol.